The van der Waals surface area contributed by atoms with E-state index in [2.05, 4.69) is 0 Å². The molecule has 2 aromatic rings. The van der Waals surface area contributed by atoms with E-state index in [4.69, 9.17) is 14.8 Å². The number of phenols is 1. The average Bonchev–Trinajstić information content (AvgIpc) is 2.47. The van der Waals surface area contributed by atoms with Crippen LogP contribution in [0.25, 0.3) is 0 Å². The van der Waals surface area contributed by atoms with Gasteiger partial charge in [0.05, 0.1) is 4.90 Å². The maximum Gasteiger partial charge on any atom is 0.339 e. The first-order valence-corrected chi connectivity index (χ1v) is 7.23. The molecule has 2 aromatic carbocycles. The standard InChI is InChI=1S/C7H6O6S.C7H6O/c8-6-2-1-4(14(11,12)13)3-5(6)7(9)10;8-6-7-4-2-1-3-5-7/h1-3,8H,(H,9,10)(H,11,12,13);1-6H. The summed E-state index contributed by atoms with van der Waals surface area (Å²) >= 11 is 0. The molecule has 7 nitrogen and oxygen atoms in total. The number of carboxylic acid groups (broad SMARTS) is 1. The van der Waals surface area contributed by atoms with Crippen LogP contribution < -0.4 is 0 Å². The second-order valence-corrected chi connectivity index (χ2v) is 5.41. The Hall–Kier alpha value is -2.71. The van der Waals surface area contributed by atoms with Crippen LogP contribution in [0.1, 0.15) is 20.7 Å². The molecule has 0 saturated heterocycles. The van der Waals surface area contributed by atoms with Crippen molar-refractivity contribution in [1.82, 2.24) is 0 Å². The van der Waals surface area contributed by atoms with Gasteiger partial charge in [0.2, 0.25) is 0 Å². The molecule has 3 N–H and O–H groups in total. The summed E-state index contributed by atoms with van der Waals surface area (Å²) in [5, 5.41) is 17.5. The normalized spacial score (nSPS) is 10.2. The lowest BCUT2D eigenvalue weighted by atomic mass is 10.2. The third kappa shape index (κ3) is 5.00. The Morgan fingerprint density at radius 2 is 1.64 bits per heavy atom. The molecular formula is C14H12O7S. The maximum absolute atomic E-state index is 10.6. The topological polar surface area (TPSA) is 129 Å². The van der Waals surface area contributed by atoms with Crippen LogP contribution in [0.4, 0.5) is 0 Å². The van der Waals surface area contributed by atoms with E-state index in [1.807, 2.05) is 18.2 Å². The zero-order valence-corrected chi connectivity index (χ0v) is 11.9. The van der Waals surface area contributed by atoms with Crippen molar-refractivity contribution in [3.8, 4) is 5.75 Å². The van der Waals surface area contributed by atoms with Crippen LogP contribution in [0.3, 0.4) is 0 Å². The monoisotopic (exact) mass is 324 g/mol. The van der Waals surface area contributed by atoms with Crippen LogP contribution >= 0.6 is 0 Å². The summed E-state index contributed by atoms with van der Waals surface area (Å²) < 4.78 is 29.8. The molecule has 0 aliphatic heterocycles. The first-order valence-electron chi connectivity index (χ1n) is 5.79. The molecule has 22 heavy (non-hydrogen) atoms. The van der Waals surface area contributed by atoms with E-state index < -0.39 is 32.3 Å². The van der Waals surface area contributed by atoms with Gasteiger partial charge >= 0.3 is 5.97 Å². The molecule has 0 saturated carbocycles. The minimum atomic E-state index is -4.45. The molecule has 0 aliphatic rings. The van der Waals surface area contributed by atoms with E-state index in [-0.39, 0.29) is 0 Å². The van der Waals surface area contributed by atoms with Gasteiger partial charge in [0.1, 0.15) is 17.6 Å². The van der Waals surface area contributed by atoms with Crippen LogP contribution in [-0.4, -0.2) is 35.4 Å². The third-order valence-corrected chi connectivity index (χ3v) is 3.28. The lowest BCUT2D eigenvalue weighted by Gasteiger charge is -2.01. The highest BCUT2D eigenvalue weighted by atomic mass is 32.2. The molecule has 0 fully saturated rings. The molecule has 0 spiro atoms. The number of benzene rings is 2. The molecular weight excluding hydrogens is 312 g/mol. The van der Waals surface area contributed by atoms with E-state index in [1.165, 1.54) is 0 Å². The van der Waals surface area contributed by atoms with Crippen LogP contribution in [0, 0.1) is 0 Å². The van der Waals surface area contributed by atoms with Crippen molar-refractivity contribution in [3.05, 3.63) is 59.7 Å². The largest absolute Gasteiger partial charge is 0.507 e. The predicted octanol–water partition coefficient (Wildman–Crippen LogP) is 1.84. The number of aldehydes is 1. The van der Waals surface area contributed by atoms with Crippen molar-refractivity contribution in [2.24, 2.45) is 0 Å². The van der Waals surface area contributed by atoms with Crippen molar-refractivity contribution in [2.75, 3.05) is 0 Å². The van der Waals surface area contributed by atoms with Crippen molar-refractivity contribution in [1.29, 1.82) is 0 Å². The van der Waals surface area contributed by atoms with Crippen LogP contribution in [0.2, 0.25) is 0 Å². The van der Waals surface area contributed by atoms with Gasteiger partial charge in [-0.3, -0.25) is 9.35 Å². The number of carbonyl (C=O) groups excluding carboxylic acids is 1. The van der Waals surface area contributed by atoms with Gasteiger partial charge in [0, 0.05) is 5.56 Å². The number of carboxylic acids is 1. The highest BCUT2D eigenvalue weighted by Crippen LogP contribution is 2.20. The number of hydrogen-bond donors (Lipinski definition) is 3. The first kappa shape index (κ1) is 17.3. The molecule has 0 radical (unpaired) electrons. The summed E-state index contributed by atoms with van der Waals surface area (Å²) in [6, 6.07) is 11.6. The summed E-state index contributed by atoms with van der Waals surface area (Å²) in [6.45, 7) is 0. The fraction of sp³-hybridized carbons (Fsp3) is 0. The molecule has 0 atom stereocenters. The Kier molecular flexibility index (Phi) is 5.79. The van der Waals surface area contributed by atoms with Gasteiger partial charge in [-0.15, -0.1) is 0 Å². The van der Waals surface area contributed by atoms with Gasteiger partial charge in [-0.05, 0) is 18.2 Å². The lowest BCUT2D eigenvalue weighted by molar-refractivity contribution is 0.0693. The maximum atomic E-state index is 10.6. The summed E-state index contributed by atoms with van der Waals surface area (Å²) in [4.78, 5) is 19.9. The Bertz CT molecular complexity index is 767. The van der Waals surface area contributed by atoms with Crippen molar-refractivity contribution >= 4 is 22.4 Å². The van der Waals surface area contributed by atoms with Crippen LogP contribution in [-0.2, 0) is 10.1 Å². The number of aromatic carboxylic acids is 1. The quantitative estimate of drug-likeness (QED) is 0.580. The van der Waals surface area contributed by atoms with Crippen LogP contribution in [0.5, 0.6) is 5.75 Å². The Labute approximate surface area is 126 Å². The molecule has 0 aromatic heterocycles. The minimum absolute atomic E-state index is 0.565. The lowest BCUT2D eigenvalue weighted by Crippen LogP contribution is -2.02. The van der Waals surface area contributed by atoms with Gasteiger partial charge in [0.15, 0.2) is 0 Å². The average molecular weight is 324 g/mol. The second-order valence-electron chi connectivity index (χ2n) is 3.99. The van der Waals surface area contributed by atoms with Crippen molar-refractivity contribution in [3.63, 3.8) is 0 Å². The fourth-order valence-corrected chi connectivity index (χ4v) is 1.89. The zero-order valence-electron chi connectivity index (χ0n) is 11.1. The van der Waals surface area contributed by atoms with E-state index in [1.54, 1.807) is 12.1 Å². The van der Waals surface area contributed by atoms with Crippen molar-refractivity contribution < 1.29 is 32.8 Å². The predicted molar refractivity (Wildman–Crippen MR) is 76.7 cm³/mol. The molecule has 0 amide bonds. The Morgan fingerprint density at radius 1 is 1.05 bits per heavy atom. The van der Waals surface area contributed by atoms with E-state index >= 15 is 0 Å². The molecule has 0 heterocycles. The summed E-state index contributed by atoms with van der Waals surface area (Å²) in [7, 11) is -4.45. The van der Waals surface area contributed by atoms with Gasteiger partial charge in [-0.2, -0.15) is 8.42 Å². The van der Waals surface area contributed by atoms with E-state index in [0.29, 0.717) is 6.07 Å². The third-order valence-electron chi connectivity index (χ3n) is 2.43. The zero-order chi connectivity index (χ0) is 16.8. The smallest absolute Gasteiger partial charge is 0.339 e. The Balaban J connectivity index is 0.000000255. The molecule has 2 rings (SSSR count). The highest BCUT2D eigenvalue weighted by molar-refractivity contribution is 7.85. The summed E-state index contributed by atoms with van der Waals surface area (Å²) in [5.41, 5.74) is 0.146. The van der Waals surface area contributed by atoms with Crippen LogP contribution in [0.15, 0.2) is 53.4 Å². The van der Waals surface area contributed by atoms with E-state index in [0.717, 1.165) is 24.0 Å². The van der Waals surface area contributed by atoms with Gasteiger partial charge in [-0.25, -0.2) is 4.79 Å². The van der Waals surface area contributed by atoms with Gasteiger partial charge < -0.3 is 10.2 Å². The molecule has 116 valence electrons. The molecule has 0 bridgehead atoms. The number of hydrogen-bond acceptors (Lipinski definition) is 5. The number of carbonyl (C=O) groups is 2. The summed E-state index contributed by atoms with van der Waals surface area (Å²) in [6.07, 6.45) is 0.833. The summed E-state index contributed by atoms with van der Waals surface area (Å²) in [5.74, 6) is -2.04. The molecule has 8 heteroatoms. The second kappa shape index (κ2) is 7.34. The highest BCUT2D eigenvalue weighted by Gasteiger charge is 2.16. The number of aromatic hydroxyl groups is 1. The van der Waals surface area contributed by atoms with Crippen molar-refractivity contribution in [2.45, 2.75) is 4.90 Å². The minimum Gasteiger partial charge on any atom is -0.507 e. The number of rotatable bonds is 3. The fourth-order valence-electron chi connectivity index (χ4n) is 1.38. The molecule has 0 unspecified atom stereocenters. The van der Waals surface area contributed by atoms with Gasteiger partial charge in [-0.1, -0.05) is 30.3 Å². The van der Waals surface area contributed by atoms with E-state index in [9.17, 15) is 18.0 Å². The first-order chi connectivity index (χ1) is 10.3. The van der Waals surface area contributed by atoms with Gasteiger partial charge in [0.25, 0.3) is 10.1 Å². The SMILES string of the molecule is O=C(O)c1cc(S(=O)(=O)O)ccc1O.O=Cc1ccccc1. The Morgan fingerprint density at radius 3 is 2.05 bits per heavy atom. The molecule has 0 aliphatic carbocycles.